The van der Waals surface area contributed by atoms with Crippen LogP contribution in [0.25, 0.3) is 0 Å². The first-order valence-electron chi connectivity index (χ1n) is 7.23. The second-order valence-electron chi connectivity index (χ2n) is 4.98. The molecule has 9 heteroatoms. The van der Waals surface area contributed by atoms with Crippen LogP contribution in [0, 0.1) is 10.1 Å². The van der Waals surface area contributed by atoms with E-state index in [1.165, 1.54) is 32.4 Å². The Hall–Kier alpha value is -3.13. The molecule has 0 aliphatic carbocycles. The largest absolute Gasteiger partial charge is 0.497 e. The molecule has 8 nitrogen and oxygen atoms in total. The zero-order valence-corrected chi connectivity index (χ0v) is 14.6. The van der Waals surface area contributed by atoms with E-state index in [1.54, 1.807) is 6.07 Å². The average molecular weight is 380 g/mol. The normalized spacial score (nSPS) is 10.1. The van der Waals surface area contributed by atoms with Crippen LogP contribution in [0.3, 0.4) is 0 Å². The van der Waals surface area contributed by atoms with Crippen molar-refractivity contribution in [2.45, 2.75) is 0 Å². The van der Waals surface area contributed by atoms with E-state index < -0.39 is 29.0 Å². The number of hydrogen-bond acceptors (Lipinski definition) is 7. The van der Waals surface area contributed by atoms with Crippen LogP contribution in [0.2, 0.25) is 5.02 Å². The number of methoxy groups -OCH3 is 2. The van der Waals surface area contributed by atoms with Crippen LogP contribution < -0.4 is 9.47 Å². The molecule has 0 unspecified atom stereocenters. The molecule has 0 amide bonds. The minimum absolute atomic E-state index is 0.130. The lowest BCUT2D eigenvalue weighted by Crippen LogP contribution is -2.16. The minimum Gasteiger partial charge on any atom is -0.497 e. The summed E-state index contributed by atoms with van der Waals surface area (Å²) in [6, 6.07) is 8.02. The maximum Gasteiger partial charge on any atom is 0.345 e. The number of rotatable bonds is 7. The first-order valence-corrected chi connectivity index (χ1v) is 7.61. The fraction of sp³-hybridized carbons (Fsp3) is 0.176. The van der Waals surface area contributed by atoms with Gasteiger partial charge in [-0.1, -0.05) is 11.6 Å². The predicted octanol–water partition coefficient (Wildman–Crippen LogP) is 3.31. The fourth-order valence-electron chi connectivity index (χ4n) is 2.15. The third-order valence-corrected chi connectivity index (χ3v) is 3.65. The molecular formula is C17H14ClNO7. The Kier molecular flexibility index (Phi) is 6.13. The number of Topliss-reactive ketones (excluding diaryl/α,β-unsaturated/α-hetero) is 1. The lowest BCUT2D eigenvalue weighted by Gasteiger charge is -2.10. The van der Waals surface area contributed by atoms with Crippen molar-refractivity contribution < 1.29 is 28.7 Å². The van der Waals surface area contributed by atoms with Gasteiger partial charge in [0.05, 0.1) is 24.7 Å². The van der Waals surface area contributed by atoms with Crippen LogP contribution >= 0.6 is 11.6 Å². The van der Waals surface area contributed by atoms with Crippen LogP contribution in [0.15, 0.2) is 36.4 Å². The van der Waals surface area contributed by atoms with E-state index in [-0.39, 0.29) is 21.9 Å². The molecule has 0 atom stereocenters. The summed E-state index contributed by atoms with van der Waals surface area (Å²) in [7, 11) is 2.85. The van der Waals surface area contributed by atoms with Crippen molar-refractivity contribution in [1.82, 2.24) is 0 Å². The zero-order valence-electron chi connectivity index (χ0n) is 13.9. The summed E-state index contributed by atoms with van der Waals surface area (Å²) in [5, 5.41) is 11.1. The van der Waals surface area contributed by atoms with Crippen LogP contribution in [0.1, 0.15) is 20.7 Å². The van der Waals surface area contributed by atoms with Gasteiger partial charge in [0.15, 0.2) is 6.61 Å². The van der Waals surface area contributed by atoms with Gasteiger partial charge in [-0.2, -0.15) is 0 Å². The molecule has 0 spiro atoms. The summed E-state index contributed by atoms with van der Waals surface area (Å²) in [5.74, 6) is -0.827. The van der Waals surface area contributed by atoms with Gasteiger partial charge in [-0.15, -0.1) is 0 Å². The van der Waals surface area contributed by atoms with Crippen LogP contribution in [-0.2, 0) is 4.74 Å². The van der Waals surface area contributed by atoms with Gasteiger partial charge in [-0.25, -0.2) is 4.79 Å². The van der Waals surface area contributed by atoms with E-state index in [2.05, 4.69) is 0 Å². The number of benzene rings is 2. The Bertz CT molecular complexity index is 866. The average Bonchev–Trinajstić information content (AvgIpc) is 2.64. The molecule has 136 valence electrons. The number of nitro benzene ring substituents is 1. The molecule has 0 N–H and O–H groups in total. The number of ether oxygens (including phenoxy) is 3. The maximum atomic E-state index is 12.3. The first kappa shape index (κ1) is 19.2. The number of halogens is 1. The monoisotopic (exact) mass is 379 g/mol. The highest BCUT2D eigenvalue weighted by Gasteiger charge is 2.23. The molecule has 0 aromatic heterocycles. The Morgan fingerprint density at radius 2 is 1.81 bits per heavy atom. The van der Waals surface area contributed by atoms with Gasteiger partial charge in [0.2, 0.25) is 5.78 Å². The highest BCUT2D eigenvalue weighted by molar-refractivity contribution is 6.31. The van der Waals surface area contributed by atoms with Crippen LogP contribution in [-0.4, -0.2) is 37.5 Å². The molecule has 0 heterocycles. The molecule has 2 aromatic rings. The van der Waals surface area contributed by atoms with Crippen molar-refractivity contribution in [1.29, 1.82) is 0 Å². The molecule has 0 radical (unpaired) electrons. The second-order valence-corrected chi connectivity index (χ2v) is 5.42. The van der Waals surface area contributed by atoms with Crippen molar-refractivity contribution in [3.8, 4) is 11.5 Å². The molecule has 0 saturated heterocycles. The number of carbonyl (C=O) groups excluding carboxylic acids is 2. The first-order chi connectivity index (χ1) is 12.4. The van der Waals surface area contributed by atoms with E-state index >= 15 is 0 Å². The van der Waals surface area contributed by atoms with Crippen molar-refractivity contribution in [2.75, 3.05) is 20.8 Å². The van der Waals surface area contributed by atoms with Crippen molar-refractivity contribution in [3.05, 3.63) is 62.7 Å². The number of carbonyl (C=O) groups is 2. The lowest BCUT2D eigenvalue weighted by molar-refractivity contribution is -0.385. The summed E-state index contributed by atoms with van der Waals surface area (Å²) in [6.45, 7) is -0.620. The molecule has 0 aliphatic rings. The molecular weight excluding hydrogens is 366 g/mol. The highest BCUT2D eigenvalue weighted by Crippen LogP contribution is 2.26. The molecule has 0 saturated carbocycles. The van der Waals surface area contributed by atoms with Gasteiger partial charge >= 0.3 is 5.97 Å². The SMILES string of the molecule is COc1ccc(C(=O)COC(=O)c2cc(Cl)ccc2[N+](=O)[O-])c(OC)c1. The van der Waals surface area contributed by atoms with E-state index in [0.29, 0.717) is 5.75 Å². The fourth-order valence-corrected chi connectivity index (χ4v) is 2.32. The van der Waals surface area contributed by atoms with E-state index in [4.69, 9.17) is 25.8 Å². The van der Waals surface area contributed by atoms with Gasteiger partial charge in [-0.3, -0.25) is 14.9 Å². The third kappa shape index (κ3) is 4.28. The summed E-state index contributed by atoms with van der Waals surface area (Å²) < 4.78 is 15.1. The number of nitro groups is 1. The number of esters is 1. The topological polar surface area (TPSA) is 105 Å². The maximum absolute atomic E-state index is 12.3. The Morgan fingerprint density at radius 3 is 2.42 bits per heavy atom. The number of ketones is 1. The minimum atomic E-state index is -1.03. The molecule has 2 aromatic carbocycles. The zero-order chi connectivity index (χ0) is 19.3. The molecule has 0 bridgehead atoms. The van der Waals surface area contributed by atoms with Crippen molar-refractivity contribution in [2.24, 2.45) is 0 Å². The smallest absolute Gasteiger partial charge is 0.345 e. The van der Waals surface area contributed by atoms with Gasteiger partial charge in [0.1, 0.15) is 17.1 Å². The standard InChI is InChI=1S/C17H14ClNO7/c1-24-11-4-5-12(16(8-11)25-2)15(20)9-26-17(21)13-7-10(18)3-6-14(13)19(22)23/h3-8H,9H2,1-2H3. The van der Waals surface area contributed by atoms with E-state index in [9.17, 15) is 19.7 Å². The number of hydrogen-bond donors (Lipinski definition) is 0. The van der Waals surface area contributed by atoms with Gasteiger partial charge in [0.25, 0.3) is 5.69 Å². The van der Waals surface area contributed by atoms with Gasteiger partial charge in [-0.05, 0) is 24.3 Å². The van der Waals surface area contributed by atoms with Crippen LogP contribution in [0.4, 0.5) is 5.69 Å². The number of nitrogens with zero attached hydrogens (tertiary/aromatic N) is 1. The molecule has 0 fully saturated rings. The van der Waals surface area contributed by atoms with Crippen molar-refractivity contribution in [3.63, 3.8) is 0 Å². The predicted molar refractivity (Wildman–Crippen MR) is 92.3 cm³/mol. The molecule has 26 heavy (non-hydrogen) atoms. The third-order valence-electron chi connectivity index (χ3n) is 3.42. The molecule has 2 rings (SSSR count). The van der Waals surface area contributed by atoms with Crippen LogP contribution in [0.5, 0.6) is 11.5 Å². The van der Waals surface area contributed by atoms with E-state index in [1.807, 2.05) is 0 Å². The molecule has 0 aliphatic heterocycles. The second kappa shape index (κ2) is 8.30. The highest BCUT2D eigenvalue weighted by atomic mass is 35.5. The van der Waals surface area contributed by atoms with Gasteiger partial charge in [0, 0.05) is 17.2 Å². The van der Waals surface area contributed by atoms with E-state index in [0.717, 1.165) is 12.1 Å². The van der Waals surface area contributed by atoms with Crippen molar-refractivity contribution >= 4 is 29.0 Å². The summed E-state index contributed by atoms with van der Waals surface area (Å²) in [5.41, 5.74) is -0.618. The lowest BCUT2D eigenvalue weighted by atomic mass is 10.1. The summed E-state index contributed by atoms with van der Waals surface area (Å²) in [6.07, 6.45) is 0. The quantitative estimate of drug-likeness (QED) is 0.314. The van der Waals surface area contributed by atoms with Gasteiger partial charge < -0.3 is 14.2 Å². The Balaban J connectivity index is 2.16. The Morgan fingerprint density at radius 1 is 1.08 bits per heavy atom. The Labute approximate surface area is 153 Å². The summed E-state index contributed by atoms with van der Waals surface area (Å²) in [4.78, 5) is 34.7. The summed E-state index contributed by atoms with van der Waals surface area (Å²) >= 11 is 5.77.